The van der Waals surface area contributed by atoms with Gasteiger partial charge in [0.15, 0.2) is 9.84 Å². The third-order valence-electron chi connectivity index (χ3n) is 5.19. The van der Waals surface area contributed by atoms with E-state index >= 15 is 0 Å². The normalized spacial score (nSPS) is 25.0. The van der Waals surface area contributed by atoms with E-state index in [0.717, 1.165) is 12.0 Å². The van der Waals surface area contributed by atoms with E-state index in [2.05, 4.69) is 0 Å². The molecule has 0 spiro atoms. The van der Waals surface area contributed by atoms with Crippen molar-refractivity contribution in [3.8, 4) is 0 Å². The van der Waals surface area contributed by atoms with Gasteiger partial charge in [-0.1, -0.05) is 49.4 Å². The minimum atomic E-state index is -3.81. The average Bonchev–Trinajstić information content (AvgIpc) is 3.34. The number of carbonyl (C=O) groups is 1. The van der Waals surface area contributed by atoms with Crippen molar-refractivity contribution in [1.29, 1.82) is 0 Å². The SMILES string of the molecule is CCc1ccc([C@@H]2[C@@H](S(=O)(=O)c3ccccc3)[C@@]2(COC)C(=O)O)cc1. The summed E-state index contributed by atoms with van der Waals surface area (Å²) in [5.74, 6) is -1.79. The largest absolute Gasteiger partial charge is 0.481 e. The second kappa shape index (κ2) is 6.85. The van der Waals surface area contributed by atoms with Gasteiger partial charge in [0.2, 0.25) is 0 Å². The number of carboxylic acid groups (broad SMARTS) is 1. The highest BCUT2D eigenvalue weighted by Crippen LogP contribution is 2.64. The van der Waals surface area contributed by atoms with Gasteiger partial charge in [-0.05, 0) is 29.7 Å². The van der Waals surface area contributed by atoms with Crippen molar-refractivity contribution in [2.45, 2.75) is 29.4 Å². The molecule has 1 aliphatic carbocycles. The highest BCUT2D eigenvalue weighted by atomic mass is 32.2. The van der Waals surface area contributed by atoms with Crippen LogP contribution in [-0.4, -0.2) is 38.5 Å². The summed E-state index contributed by atoms with van der Waals surface area (Å²) < 4.78 is 31.5. The van der Waals surface area contributed by atoms with Crippen LogP contribution >= 0.6 is 0 Å². The fourth-order valence-corrected chi connectivity index (χ4v) is 6.16. The van der Waals surface area contributed by atoms with Crippen LogP contribution in [0.5, 0.6) is 0 Å². The minimum absolute atomic E-state index is 0.138. The Bertz CT molecular complexity index is 890. The molecule has 0 unspecified atom stereocenters. The lowest BCUT2D eigenvalue weighted by Gasteiger charge is -2.12. The minimum Gasteiger partial charge on any atom is -0.481 e. The van der Waals surface area contributed by atoms with Gasteiger partial charge in [0.1, 0.15) is 5.41 Å². The molecule has 2 aromatic carbocycles. The lowest BCUT2D eigenvalue weighted by molar-refractivity contribution is -0.145. The molecule has 1 fully saturated rings. The summed E-state index contributed by atoms with van der Waals surface area (Å²) in [5, 5.41) is 8.85. The molecule has 0 radical (unpaired) electrons. The zero-order chi connectivity index (χ0) is 18.9. The second-order valence-electron chi connectivity index (χ2n) is 6.63. The molecular formula is C20H22O5S. The number of methoxy groups -OCH3 is 1. The first kappa shape index (κ1) is 18.6. The third kappa shape index (κ3) is 2.83. The Hall–Kier alpha value is -2.18. The fourth-order valence-electron chi connectivity index (χ4n) is 3.78. The van der Waals surface area contributed by atoms with E-state index in [9.17, 15) is 18.3 Å². The quantitative estimate of drug-likeness (QED) is 0.806. The molecule has 2 aromatic rings. The van der Waals surface area contributed by atoms with Crippen molar-refractivity contribution in [1.82, 2.24) is 0 Å². The molecule has 0 amide bonds. The molecule has 1 N–H and O–H groups in total. The highest BCUT2D eigenvalue weighted by molar-refractivity contribution is 7.92. The van der Waals surface area contributed by atoms with Gasteiger partial charge in [-0.2, -0.15) is 0 Å². The smallest absolute Gasteiger partial charge is 0.314 e. The van der Waals surface area contributed by atoms with Crippen molar-refractivity contribution in [2.75, 3.05) is 13.7 Å². The fraction of sp³-hybridized carbons (Fsp3) is 0.350. The number of benzene rings is 2. The van der Waals surface area contributed by atoms with E-state index in [1.807, 2.05) is 31.2 Å². The van der Waals surface area contributed by atoms with E-state index in [0.29, 0.717) is 5.56 Å². The number of ether oxygens (including phenoxy) is 1. The lowest BCUT2D eigenvalue weighted by Crippen LogP contribution is -2.28. The molecular weight excluding hydrogens is 352 g/mol. The van der Waals surface area contributed by atoms with Gasteiger partial charge in [0.25, 0.3) is 0 Å². The Morgan fingerprint density at radius 3 is 2.23 bits per heavy atom. The Kier molecular flexibility index (Phi) is 4.90. The Morgan fingerprint density at radius 1 is 1.12 bits per heavy atom. The summed E-state index contributed by atoms with van der Waals surface area (Å²) in [5.41, 5.74) is 0.354. The summed E-state index contributed by atoms with van der Waals surface area (Å²) in [6.07, 6.45) is 0.860. The van der Waals surface area contributed by atoms with E-state index in [1.54, 1.807) is 18.2 Å². The average molecular weight is 374 g/mol. The number of hydrogen-bond donors (Lipinski definition) is 1. The molecule has 1 aliphatic rings. The lowest BCUT2D eigenvalue weighted by atomic mass is 9.99. The standard InChI is InChI=1S/C20H22O5S/c1-3-14-9-11-15(12-10-14)17-18(20(17,13-25-2)19(21)22)26(23,24)16-7-5-4-6-8-16/h4-12,17-18H,3,13H2,1-2H3,(H,21,22)/t17-,18-,20+/m1/s1. The Balaban J connectivity index is 2.09. The molecule has 0 bridgehead atoms. The van der Waals surface area contributed by atoms with Crippen LogP contribution < -0.4 is 0 Å². The predicted molar refractivity (Wildman–Crippen MR) is 97.9 cm³/mol. The Morgan fingerprint density at radius 2 is 1.73 bits per heavy atom. The first-order valence-corrected chi connectivity index (χ1v) is 10.0. The second-order valence-corrected chi connectivity index (χ2v) is 8.70. The molecule has 1 saturated carbocycles. The van der Waals surface area contributed by atoms with Crippen LogP contribution in [0.15, 0.2) is 59.5 Å². The molecule has 3 rings (SSSR count). The summed E-state index contributed by atoms with van der Waals surface area (Å²) in [6, 6.07) is 15.5. The van der Waals surface area contributed by atoms with Crippen LogP contribution in [0.3, 0.4) is 0 Å². The number of sulfone groups is 1. The highest BCUT2D eigenvalue weighted by Gasteiger charge is 2.76. The van der Waals surface area contributed by atoms with E-state index in [-0.39, 0.29) is 11.5 Å². The zero-order valence-electron chi connectivity index (χ0n) is 14.8. The van der Waals surface area contributed by atoms with Gasteiger partial charge in [-0.25, -0.2) is 8.42 Å². The van der Waals surface area contributed by atoms with Gasteiger partial charge in [-0.15, -0.1) is 0 Å². The maximum absolute atomic E-state index is 13.2. The van der Waals surface area contributed by atoms with E-state index < -0.39 is 32.4 Å². The summed E-state index contributed by atoms with van der Waals surface area (Å²) in [6.45, 7) is 1.88. The summed E-state index contributed by atoms with van der Waals surface area (Å²) in [7, 11) is -2.42. The van der Waals surface area contributed by atoms with Gasteiger partial charge in [-0.3, -0.25) is 4.79 Å². The monoisotopic (exact) mass is 374 g/mol. The first-order valence-electron chi connectivity index (χ1n) is 8.49. The van der Waals surface area contributed by atoms with Crippen molar-refractivity contribution in [2.24, 2.45) is 5.41 Å². The number of aryl methyl sites for hydroxylation is 1. The Labute approximate surface area is 153 Å². The van der Waals surface area contributed by atoms with Crippen molar-refractivity contribution >= 4 is 15.8 Å². The molecule has 0 saturated heterocycles. The number of aliphatic carboxylic acids is 1. The maximum Gasteiger partial charge on any atom is 0.314 e. The van der Waals surface area contributed by atoms with Crippen molar-refractivity contribution < 1.29 is 23.1 Å². The molecule has 6 heteroatoms. The van der Waals surface area contributed by atoms with Crippen LogP contribution in [0.4, 0.5) is 0 Å². The van der Waals surface area contributed by atoms with Crippen LogP contribution in [-0.2, 0) is 25.8 Å². The molecule has 3 atom stereocenters. The number of carboxylic acids is 1. The number of hydrogen-bond acceptors (Lipinski definition) is 4. The summed E-state index contributed by atoms with van der Waals surface area (Å²) in [4.78, 5) is 12.3. The van der Waals surface area contributed by atoms with Crippen LogP contribution in [0, 0.1) is 5.41 Å². The zero-order valence-corrected chi connectivity index (χ0v) is 15.6. The molecule has 0 aliphatic heterocycles. The molecule has 0 aromatic heterocycles. The van der Waals surface area contributed by atoms with E-state index in [1.165, 1.54) is 19.2 Å². The van der Waals surface area contributed by atoms with Gasteiger partial charge < -0.3 is 9.84 Å². The molecule has 26 heavy (non-hydrogen) atoms. The van der Waals surface area contributed by atoms with Crippen LogP contribution in [0.2, 0.25) is 0 Å². The van der Waals surface area contributed by atoms with Crippen LogP contribution in [0.1, 0.15) is 24.0 Å². The topological polar surface area (TPSA) is 80.7 Å². The summed E-state index contributed by atoms with van der Waals surface area (Å²) >= 11 is 0. The van der Waals surface area contributed by atoms with Gasteiger partial charge in [0, 0.05) is 13.0 Å². The predicted octanol–water partition coefficient (Wildman–Crippen LogP) is 2.91. The first-order chi connectivity index (χ1) is 12.4. The maximum atomic E-state index is 13.2. The molecule has 138 valence electrons. The van der Waals surface area contributed by atoms with Crippen LogP contribution in [0.25, 0.3) is 0 Å². The molecule has 0 heterocycles. The third-order valence-corrected chi connectivity index (χ3v) is 7.48. The van der Waals surface area contributed by atoms with Gasteiger partial charge in [0.05, 0.1) is 16.8 Å². The number of rotatable bonds is 7. The van der Waals surface area contributed by atoms with Crippen molar-refractivity contribution in [3.63, 3.8) is 0 Å². The molecule has 5 nitrogen and oxygen atoms in total. The van der Waals surface area contributed by atoms with E-state index in [4.69, 9.17) is 4.74 Å². The van der Waals surface area contributed by atoms with Gasteiger partial charge >= 0.3 is 5.97 Å². The van der Waals surface area contributed by atoms with Crippen molar-refractivity contribution in [3.05, 3.63) is 65.7 Å².